The summed E-state index contributed by atoms with van der Waals surface area (Å²) in [4.78, 5) is 23.1. The molecule has 2 aromatic rings. The fourth-order valence-electron chi connectivity index (χ4n) is 1.52. The van der Waals surface area contributed by atoms with E-state index in [-0.39, 0.29) is 24.0 Å². The zero-order valence-electron chi connectivity index (χ0n) is 11.3. The molecule has 2 rings (SSSR count). The van der Waals surface area contributed by atoms with Crippen molar-refractivity contribution >= 4 is 29.1 Å². The lowest BCUT2D eigenvalue weighted by atomic mass is 10.1. The van der Waals surface area contributed by atoms with Gasteiger partial charge >= 0.3 is 0 Å². The van der Waals surface area contributed by atoms with Crippen LogP contribution < -0.4 is 11.1 Å². The molecular formula is C13H14N4O3S. The maximum atomic E-state index is 11.8. The van der Waals surface area contributed by atoms with Crippen LogP contribution in [0.4, 0.5) is 5.69 Å². The Morgan fingerprint density at radius 3 is 2.86 bits per heavy atom. The quantitative estimate of drug-likeness (QED) is 0.614. The summed E-state index contributed by atoms with van der Waals surface area (Å²) in [6.07, 6.45) is 0. The normalized spacial score (nSPS) is 10.4. The highest BCUT2D eigenvalue weighted by molar-refractivity contribution is 7.99. The highest BCUT2D eigenvalue weighted by Gasteiger charge is 2.09. The van der Waals surface area contributed by atoms with Crippen molar-refractivity contribution in [2.75, 3.05) is 11.1 Å². The second-order valence-electron chi connectivity index (χ2n) is 4.14. The first-order valence-electron chi connectivity index (χ1n) is 6.14. The smallest absolute Gasteiger partial charge is 0.277 e. The molecule has 8 heteroatoms. The summed E-state index contributed by atoms with van der Waals surface area (Å²) in [7, 11) is 0. The Morgan fingerprint density at radius 1 is 1.38 bits per heavy atom. The number of nitrogens with zero attached hydrogens (tertiary/aromatic N) is 2. The monoisotopic (exact) mass is 306 g/mol. The van der Waals surface area contributed by atoms with Gasteiger partial charge in [0, 0.05) is 11.3 Å². The van der Waals surface area contributed by atoms with Crippen LogP contribution in [0.2, 0.25) is 0 Å². The van der Waals surface area contributed by atoms with E-state index in [4.69, 9.17) is 10.2 Å². The molecule has 0 bridgehead atoms. The van der Waals surface area contributed by atoms with E-state index in [1.165, 1.54) is 6.92 Å². The highest BCUT2D eigenvalue weighted by Crippen LogP contribution is 2.17. The average molecular weight is 306 g/mol. The maximum absolute atomic E-state index is 11.8. The SMILES string of the molecule is CC(=O)c1cccc(NC(=O)CSc2nnc(CN)o2)c1. The number of nitrogens with one attached hydrogen (secondary N) is 1. The first-order chi connectivity index (χ1) is 10.1. The Balaban J connectivity index is 1.89. The molecule has 0 atom stereocenters. The van der Waals surface area contributed by atoms with Gasteiger partial charge in [0.05, 0.1) is 12.3 Å². The van der Waals surface area contributed by atoms with Crippen molar-refractivity contribution in [1.82, 2.24) is 10.2 Å². The van der Waals surface area contributed by atoms with Crippen LogP contribution in [0.1, 0.15) is 23.2 Å². The first-order valence-corrected chi connectivity index (χ1v) is 7.13. The zero-order chi connectivity index (χ0) is 15.2. The lowest BCUT2D eigenvalue weighted by Gasteiger charge is -2.05. The van der Waals surface area contributed by atoms with Gasteiger partial charge in [-0.2, -0.15) is 0 Å². The molecule has 0 unspecified atom stereocenters. The minimum Gasteiger partial charge on any atom is -0.415 e. The van der Waals surface area contributed by atoms with Gasteiger partial charge in [0.15, 0.2) is 5.78 Å². The molecular weight excluding hydrogens is 292 g/mol. The number of amides is 1. The van der Waals surface area contributed by atoms with Crippen LogP contribution in [0, 0.1) is 0 Å². The molecule has 7 nitrogen and oxygen atoms in total. The molecule has 110 valence electrons. The van der Waals surface area contributed by atoms with Crippen LogP contribution in [0.3, 0.4) is 0 Å². The summed E-state index contributed by atoms with van der Waals surface area (Å²) in [5.41, 5.74) is 6.46. The minimum absolute atomic E-state index is 0.0550. The molecule has 0 radical (unpaired) electrons. The third kappa shape index (κ3) is 4.40. The second kappa shape index (κ2) is 7.00. The van der Waals surface area contributed by atoms with Crippen molar-refractivity contribution in [1.29, 1.82) is 0 Å². The first kappa shape index (κ1) is 15.2. The third-order valence-electron chi connectivity index (χ3n) is 2.50. The molecule has 1 aromatic carbocycles. The molecule has 0 saturated carbocycles. The number of Topliss-reactive ketones (excluding diaryl/α,β-unsaturated/α-hetero) is 1. The minimum atomic E-state index is -0.229. The molecule has 21 heavy (non-hydrogen) atoms. The van der Waals surface area contributed by atoms with Crippen LogP contribution in [0.5, 0.6) is 0 Å². The predicted octanol–water partition coefficient (Wildman–Crippen LogP) is 1.46. The molecule has 0 fully saturated rings. The fraction of sp³-hybridized carbons (Fsp3) is 0.231. The number of carbonyl (C=O) groups is 2. The van der Waals surface area contributed by atoms with Gasteiger partial charge in [-0.05, 0) is 19.1 Å². The standard InChI is InChI=1S/C13H14N4O3S/c1-8(18)9-3-2-4-10(5-9)15-11(19)7-21-13-17-16-12(6-14)20-13/h2-5H,6-7,14H2,1H3,(H,15,19). The van der Waals surface area contributed by atoms with Gasteiger partial charge < -0.3 is 15.5 Å². The van der Waals surface area contributed by atoms with Crippen molar-refractivity contribution in [3.63, 3.8) is 0 Å². The van der Waals surface area contributed by atoms with E-state index in [1.54, 1.807) is 24.3 Å². The van der Waals surface area contributed by atoms with E-state index in [1.807, 2.05) is 0 Å². The Bertz CT molecular complexity index is 656. The third-order valence-corrected chi connectivity index (χ3v) is 3.32. The summed E-state index contributed by atoms with van der Waals surface area (Å²) in [5.74, 6) is 0.164. The number of hydrogen-bond acceptors (Lipinski definition) is 7. The van der Waals surface area contributed by atoms with E-state index in [9.17, 15) is 9.59 Å². The largest absolute Gasteiger partial charge is 0.415 e. The Labute approximate surface area is 125 Å². The van der Waals surface area contributed by atoms with Gasteiger partial charge in [0.2, 0.25) is 11.8 Å². The molecule has 0 aliphatic rings. The number of aromatic nitrogens is 2. The van der Waals surface area contributed by atoms with Gasteiger partial charge in [0.1, 0.15) is 0 Å². The van der Waals surface area contributed by atoms with E-state index < -0.39 is 0 Å². The summed E-state index contributed by atoms with van der Waals surface area (Å²) in [5, 5.41) is 10.4. The summed E-state index contributed by atoms with van der Waals surface area (Å²) >= 11 is 1.12. The predicted molar refractivity (Wildman–Crippen MR) is 78.0 cm³/mol. The Hall–Kier alpha value is -2.19. The fourth-order valence-corrected chi connectivity index (χ4v) is 2.10. The maximum Gasteiger partial charge on any atom is 0.277 e. The van der Waals surface area contributed by atoms with Gasteiger partial charge in [-0.25, -0.2) is 0 Å². The van der Waals surface area contributed by atoms with Gasteiger partial charge in [-0.1, -0.05) is 23.9 Å². The highest BCUT2D eigenvalue weighted by atomic mass is 32.2. The van der Waals surface area contributed by atoms with E-state index in [0.29, 0.717) is 22.4 Å². The zero-order valence-corrected chi connectivity index (χ0v) is 12.1. The average Bonchev–Trinajstić information content (AvgIpc) is 2.93. The van der Waals surface area contributed by atoms with Gasteiger partial charge in [-0.15, -0.1) is 10.2 Å². The van der Waals surface area contributed by atoms with Crippen molar-refractivity contribution in [3.05, 3.63) is 35.7 Å². The van der Waals surface area contributed by atoms with Crippen molar-refractivity contribution in [2.24, 2.45) is 5.73 Å². The van der Waals surface area contributed by atoms with Crippen molar-refractivity contribution < 1.29 is 14.0 Å². The number of nitrogens with two attached hydrogens (primary N) is 1. The molecule has 1 heterocycles. The van der Waals surface area contributed by atoms with Crippen molar-refractivity contribution in [2.45, 2.75) is 18.7 Å². The van der Waals surface area contributed by atoms with Crippen molar-refractivity contribution in [3.8, 4) is 0 Å². The molecule has 3 N–H and O–H groups in total. The molecule has 0 aliphatic heterocycles. The number of rotatable bonds is 6. The van der Waals surface area contributed by atoms with Gasteiger partial charge in [0.25, 0.3) is 5.22 Å². The summed E-state index contributed by atoms with van der Waals surface area (Å²) in [6, 6.07) is 6.75. The summed E-state index contributed by atoms with van der Waals surface area (Å²) in [6.45, 7) is 1.64. The van der Waals surface area contributed by atoms with Crippen LogP contribution >= 0.6 is 11.8 Å². The number of benzene rings is 1. The molecule has 0 saturated heterocycles. The van der Waals surface area contributed by atoms with Crippen LogP contribution in [0.15, 0.2) is 33.9 Å². The molecule has 0 spiro atoms. The lowest BCUT2D eigenvalue weighted by molar-refractivity contribution is -0.113. The number of ketones is 1. The van der Waals surface area contributed by atoms with E-state index in [0.717, 1.165) is 11.8 Å². The summed E-state index contributed by atoms with van der Waals surface area (Å²) < 4.78 is 5.18. The van der Waals surface area contributed by atoms with Crippen LogP contribution in [0.25, 0.3) is 0 Å². The molecule has 0 aliphatic carbocycles. The Kier molecular flexibility index (Phi) is 5.07. The topological polar surface area (TPSA) is 111 Å². The molecule has 1 amide bonds. The second-order valence-corrected chi connectivity index (χ2v) is 5.07. The number of carbonyl (C=O) groups excluding carboxylic acids is 2. The number of anilines is 1. The van der Waals surface area contributed by atoms with E-state index >= 15 is 0 Å². The lowest BCUT2D eigenvalue weighted by Crippen LogP contribution is -2.14. The Morgan fingerprint density at radius 2 is 2.19 bits per heavy atom. The van der Waals surface area contributed by atoms with E-state index in [2.05, 4.69) is 15.5 Å². The molecule has 1 aromatic heterocycles. The number of thioether (sulfide) groups is 1. The number of hydrogen-bond donors (Lipinski definition) is 2. The van der Waals surface area contributed by atoms with Crippen LogP contribution in [-0.2, 0) is 11.3 Å². The van der Waals surface area contributed by atoms with Gasteiger partial charge in [-0.3, -0.25) is 9.59 Å². The van der Waals surface area contributed by atoms with Crippen LogP contribution in [-0.4, -0.2) is 27.6 Å².